The molecule has 2 aromatic rings. The first kappa shape index (κ1) is 11.7. The Kier molecular flexibility index (Phi) is 3.61. The van der Waals surface area contributed by atoms with Crippen LogP contribution >= 0.6 is 11.8 Å². The smallest absolute Gasteiger partial charge is 0.243 e. The van der Waals surface area contributed by atoms with Crippen LogP contribution in [0, 0.1) is 0 Å². The van der Waals surface area contributed by atoms with E-state index in [4.69, 9.17) is 4.52 Å². The third kappa shape index (κ3) is 2.73. The zero-order chi connectivity index (χ0) is 12.2. The molecule has 94 valence electrons. The molecule has 5 heteroatoms. The summed E-state index contributed by atoms with van der Waals surface area (Å²) in [5.74, 6) is 2.25. The lowest BCUT2D eigenvalue weighted by Crippen LogP contribution is -2.13. The molecule has 1 aromatic carbocycles. The van der Waals surface area contributed by atoms with Crippen molar-refractivity contribution < 1.29 is 4.52 Å². The molecule has 18 heavy (non-hydrogen) atoms. The second-order valence-electron chi connectivity index (χ2n) is 4.30. The molecule has 3 rings (SSSR count). The van der Waals surface area contributed by atoms with Crippen molar-refractivity contribution in [3.05, 3.63) is 42.0 Å². The Morgan fingerprint density at radius 2 is 2.22 bits per heavy atom. The van der Waals surface area contributed by atoms with Crippen molar-refractivity contribution in [1.29, 1.82) is 0 Å². The largest absolute Gasteiger partial charge is 0.338 e. The van der Waals surface area contributed by atoms with Crippen molar-refractivity contribution in [3.63, 3.8) is 0 Å². The topological polar surface area (TPSA) is 51.0 Å². The maximum atomic E-state index is 5.30. The lowest BCUT2D eigenvalue weighted by atomic mass is 10.2. The first-order chi connectivity index (χ1) is 8.92. The van der Waals surface area contributed by atoms with Gasteiger partial charge in [0, 0.05) is 4.90 Å². The van der Waals surface area contributed by atoms with Gasteiger partial charge in [-0.1, -0.05) is 23.4 Å². The van der Waals surface area contributed by atoms with Crippen LogP contribution in [0.1, 0.15) is 30.6 Å². The highest BCUT2D eigenvalue weighted by molar-refractivity contribution is 7.98. The minimum absolute atomic E-state index is 0.257. The number of hydrogen-bond acceptors (Lipinski definition) is 5. The molecule has 0 saturated carbocycles. The lowest BCUT2D eigenvalue weighted by molar-refractivity contribution is 0.342. The van der Waals surface area contributed by atoms with Gasteiger partial charge in [0.25, 0.3) is 0 Å². The molecule has 0 unspecified atom stereocenters. The summed E-state index contributed by atoms with van der Waals surface area (Å²) >= 11 is 1.72. The molecule has 0 bridgehead atoms. The maximum absolute atomic E-state index is 5.30. The summed E-state index contributed by atoms with van der Waals surface area (Å²) < 4.78 is 5.30. The SMILES string of the molecule is c1ccc(SCc2noc([C@H]3CCCN3)n2)cc1. The summed E-state index contributed by atoms with van der Waals surface area (Å²) in [5.41, 5.74) is 0. The van der Waals surface area contributed by atoms with Crippen molar-refractivity contribution in [3.8, 4) is 0 Å². The molecular weight excluding hydrogens is 246 g/mol. The first-order valence-corrected chi connectivity index (χ1v) is 7.14. The Balaban J connectivity index is 1.60. The van der Waals surface area contributed by atoms with Crippen LogP contribution in [0.3, 0.4) is 0 Å². The number of benzene rings is 1. The van der Waals surface area contributed by atoms with Crippen LogP contribution in [0.25, 0.3) is 0 Å². The summed E-state index contributed by atoms with van der Waals surface area (Å²) in [4.78, 5) is 5.67. The Hall–Kier alpha value is -1.33. The van der Waals surface area contributed by atoms with Gasteiger partial charge in [-0.05, 0) is 31.5 Å². The fourth-order valence-corrected chi connectivity index (χ4v) is 2.79. The molecule has 1 aliphatic rings. The summed E-state index contributed by atoms with van der Waals surface area (Å²) in [5, 5.41) is 7.39. The van der Waals surface area contributed by atoms with Crippen LogP contribution in [0.4, 0.5) is 0 Å². The van der Waals surface area contributed by atoms with Crippen molar-refractivity contribution in [2.75, 3.05) is 6.54 Å². The molecule has 1 N–H and O–H groups in total. The fourth-order valence-electron chi connectivity index (χ4n) is 2.03. The molecule has 1 saturated heterocycles. The Morgan fingerprint density at radius 3 is 3.00 bits per heavy atom. The van der Waals surface area contributed by atoms with Gasteiger partial charge in [-0.3, -0.25) is 0 Å². The van der Waals surface area contributed by atoms with E-state index < -0.39 is 0 Å². The molecule has 0 aliphatic carbocycles. The van der Waals surface area contributed by atoms with Gasteiger partial charge in [0.15, 0.2) is 5.82 Å². The van der Waals surface area contributed by atoms with Crippen LogP contribution in [0.5, 0.6) is 0 Å². The van der Waals surface area contributed by atoms with Gasteiger partial charge >= 0.3 is 0 Å². The minimum atomic E-state index is 0.257. The standard InChI is InChI=1S/C13H15N3OS/c1-2-5-10(6-3-1)18-9-12-15-13(17-16-12)11-7-4-8-14-11/h1-3,5-6,11,14H,4,7-9H2/t11-/m1/s1. The van der Waals surface area contributed by atoms with E-state index in [0.29, 0.717) is 0 Å². The van der Waals surface area contributed by atoms with Crippen molar-refractivity contribution in [2.24, 2.45) is 0 Å². The number of hydrogen-bond donors (Lipinski definition) is 1. The van der Waals surface area contributed by atoms with Crippen molar-refractivity contribution in [1.82, 2.24) is 15.5 Å². The minimum Gasteiger partial charge on any atom is -0.338 e. The normalized spacial score (nSPS) is 19.2. The Morgan fingerprint density at radius 1 is 1.33 bits per heavy atom. The second-order valence-corrected chi connectivity index (χ2v) is 5.35. The van der Waals surface area contributed by atoms with Gasteiger partial charge in [-0.2, -0.15) is 4.98 Å². The van der Waals surface area contributed by atoms with Gasteiger partial charge in [0.05, 0.1) is 11.8 Å². The van der Waals surface area contributed by atoms with E-state index in [1.165, 1.54) is 11.3 Å². The van der Waals surface area contributed by atoms with Gasteiger partial charge in [-0.25, -0.2) is 0 Å². The molecule has 1 atom stereocenters. The first-order valence-electron chi connectivity index (χ1n) is 6.15. The number of aromatic nitrogens is 2. The number of nitrogens with one attached hydrogen (secondary N) is 1. The molecule has 0 spiro atoms. The second kappa shape index (κ2) is 5.54. The zero-order valence-corrected chi connectivity index (χ0v) is 10.8. The van der Waals surface area contributed by atoms with Gasteiger partial charge < -0.3 is 9.84 Å². The zero-order valence-electron chi connectivity index (χ0n) is 10.0. The molecule has 1 fully saturated rings. The van der Waals surface area contributed by atoms with Gasteiger partial charge in [0.2, 0.25) is 5.89 Å². The maximum Gasteiger partial charge on any atom is 0.243 e. The van der Waals surface area contributed by atoms with Crippen molar-refractivity contribution >= 4 is 11.8 Å². The molecule has 1 aliphatic heterocycles. The quantitative estimate of drug-likeness (QED) is 0.858. The predicted octanol–water partition coefficient (Wildman–Crippen LogP) is 2.79. The summed E-state index contributed by atoms with van der Waals surface area (Å²) in [7, 11) is 0. The highest BCUT2D eigenvalue weighted by Gasteiger charge is 2.22. The average Bonchev–Trinajstić information content (AvgIpc) is 3.08. The number of rotatable bonds is 4. The average molecular weight is 261 g/mol. The van der Waals surface area contributed by atoms with E-state index >= 15 is 0 Å². The number of thioether (sulfide) groups is 1. The summed E-state index contributed by atoms with van der Waals surface area (Å²) in [6.07, 6.45) is 2.27. The summed E-state index contributed by atoms with van der Waals surface area (Å²) in [6.45, 7) is 1.04. The number of nitrogens with zero attached hydrogens (tertiary/aromatic N) is 2. The molecule has 4 nitrogen and oxygen atoms in total. The Bertz CT molecular complexity index is 494. The van der Waals surface area contributed by atoms with E-state index in [9.17, 15) is 0 Å². The van der Waals surface area contributed by atoms with Crippen LogP contribution in [-0.4, -0.2) is 16.7 Å². The molecule has 0 radical (unpaired) electrons. The van der Waals surface area contributed by atoms with E-state index in [0.717, 1.165) is 30.4 Å². The lowest BCUT2D eigenvalue weighted by Gasteiger charge is -2.01. The predicted molar refractivity (Wildman–Crippen MR) is 70.3 cm³/mol. The van der Waals surface area contributed by atoms with Crippen LogP contribution in [-0.2, 0) is 5.75 Å². The van der Waals surface area contributed by atoms with Crippen LogP contribution < -0.4 is 5.32 Å². The highest BCUT2D eigenvalue weighted by atomic mass is 32.2. The highest BCUT2D eigenvalue weighted by Crippen LogP contribution is 2.24. The monoisotopic (exact) mass is 261 g/mol. The molecule has 1 aromatic heterocycles. The third-order valence-corrected chi connectivity index (χ3v) is 3.96. The Labute approximate surface area is 110 Å². The fraction of sp³-hybridized carbons (Fsp3) is 0.385. The van der Waals surface area contributed by atoms with Gasteiger partial charge in [0.1, 0.15) is 0 Å². The van der Waals surface area contributed by atoms with Gasteiger partial charge in [-0.15, -0.1) is 11.8 Å². The van der Waals surface area contributed by atoms with E-state index in [1.54, 1.807) is 11.8 Å². The van der Waals surface area contributed by atoms with Crippen LogP contribution in [0.15, 0.2) is 39.8 Å². The van der Waals surface area contributed by atoms with Crippen LogP contribution in [0.2, 0.25) is 0 Å². The summed E-state index contributed by atoms with van der Waals surface area (Å²) in [6, 6.07) is 10.5. The molecule has 2 heterocycles. The van der Waals surface area contributed by atoms with Crippen molar-refractivity contribution in [2.45, 2.75) is 29.5 Å². The van der Waals surface area contributed by atoms with E-state index in [1.807, 2.05) is 18.2 Å². The molecule has 0 amide bonds. The molecular formula is C13H15N3OS. The van der Waals surface area contributed by atoms with E-state index in [2.05, 4.69) is 27.6 Å². The third-order valence-electron chi connectivity index (χ3n) is 2.95. The van der Waals surface area contributed by atoms with E-state index in [-0.39, 0.29) is 6.04 Å².